The maximum absolute atomic E-state index is 12.5. The van der Waals surface area contributed by atoms with Gasteiger partial charge in [0.05, 0.1) is 9.88 Å². The molecule has 0 bridgehead atoms. The van der Waals surface area contributed by atoms with Crippen LogP contribution >= 0.6 is 11.3 Å². The van der Waals surface area contributed by atoms with E-state index in [9.17, 15) is 9.59 Å². The Morgan fingerprint density at radius 1 is 1.00 bits per heavy atom. The molecular weight excluding hydrogens is 384 g/mol. The smallest absolute Gasteiger partial charge is 0.265 e. The fraction of sp³-hybridized carbons (Fsp3) is 0.455. The highest BCUT2D eigenvalue weighted by Crippen LogP contribution is 2.31. The molecule has 0 atom stereocenters. The molecule has 6 nitrogen and oxygen atoms in total. The van der Waals surface area contributed by atoms with Crippen LogP contribution in [0.15, 0.2) is 36.4 Å². The van der Waals surface area contributed by atoms with Gasteiger partial charge in [0, 0.05) is 44.3 Å². The van der Waals surface area contributed by atoms with Gasteiger partial charge >= 0.3 is 0 Å². The van der Waals surface area contributed by atoms with Crippen LogP contribution in [0.1, 0.15) is 28.1 Å². The molecule has 29 heavy (non-hydrogen) atoms. The molecular formula is C22H28N4O2S. The van der Waals surface area contributed by atoms with Crippen LogP contribution in [0.3, 0.4) is 0 Å². The predicted octanol–water partition coefficient (Wildman–Crippen LogP) is 3.14. The predicted molar refractivity (Wildman–Crippen MR) is 118 cm³/mol. The van der Waals surface area contributed by atoms with Gasteiger partial charge in [-0.3, -0.25) is 9.59 Å². The molecule has 2 aromatic rings. The zero-order chi connectivity index (χ0) is 20.2. The first kappa shape index (κ1) is 20.1. The summed E-state index contributed by atoms with van der Waals surface area (Å²) >= 11 is 1.31. The Hall–Kier alpha value is -2.22. The van der Waals surface area contributed by atoms with Gasteiger partial charge in [-0.15, -0.1) is 11.3 Å². The summed E-state index contributed by atoms with van der Waals surface area (Å²) in [6, 6.07) is 11.6. The van der Waals surface area contributed by atoms with E-state index >= 15 is 0 Å². The number of likely N-dealkylation sites (N-methyl/N-ethyl adjacent to an activating group) is 1. The maximum Gasteiger partial charge on any atom is 0.265 e. The van der Waals surface area contributed by atoms with E-state index in [4.69, 9.17) is 0 Å². The van der Waals surface area contributed by atoms with Gasteiger partial charge in [0.2, 0.25) is 5.91 Å². The molecule has 7 heteroatoms. The van der Waals surface area contributed by atoms with E-state index in [1.807, 2.05) is 12.1 Å². The number of nitrogens with zero attached hydrogens (tertiary/aromatic N) is 2. The number of amides is 2. The first-order valence-electron chi connectivity index (χ1n) is 10.3. The number of carbonyl (C=O) groups excluding carboxylic acids is 2. The normalized spacial score (nSPS) is 17.8. The van der Waals surface area contributed by atoms with Gasteiger partial charge in [0.1, 0.15) is 0 Å². The third-order valence-corrected chi connectivity index (χ3v) is 6.55. The number of anilines is 2. The number of hydrogen-bond acceptors (Lipinski definition) is 5. The quantitative estimate of drug-likeness (QED) is 0.733. The molecule has 0 radical (unpaired) electrons. The summed E-state index contributed by atoms with van der Waals surface area (Å²) in [5.74, 6) is 0.0715. The third kappa shape index (κ3) is 5.65. The monoisotopic (exact) mass is 412 g/mol. The van der Waals surface area contributed by atoms with E-state index in [1.54, 1.807) is 12.1 Å². The fourth-order valence-electron chi connectivity index (χ4n) is 3.40. The van der Waals surface area contributed by atoms with Gasteiger partial charge in [-0.25, -0.2) is 0 Å². The molecule has 2 aliphatic rings. The Labute approximate surface area is 175 Å². The number of benzene rings is 1. The van der Waals surface area contributed by atoms with Crippen molar-refractivity contribution in [2.24, 2.45) is 5.92 Å². The van der Waals surface area contributed by atoms with Crippen LogP contribution in [0.25, 0.3) is 0 Å². The molecule has 154 valence electrons. The van der Waals surface area contributed by atoms with E-state index in [2.05, 4.69) is 39.6 Å². The van der Waals surface area contributed by atoms with E-state index in [-0.39, 0.29) is 17.7 Å². The zero-order valence-electron chi connectivity index (χ0n) is 16.8. The Morgan fingerprint density at radius 2 is 1.72 bits per heavy atom. The fourth-order valence-corrected chi connectivity index (χ4v) is 4.21. The first-order valence-corrected chi connectivity index (χ1v) is 11.1. The summed E-state index contributed by atoms with van der Waals surface area (Å²) in [5.41, 5.74) is 2.07. The van der Waals surface area contributed by atoms with Crippen molar-refractivity contribution in [3.8, 4) is 0 Å². The van der Waals surface area contributed by atoms with Crippen molar-refractivity contribution < 1.29 is 9.59 Å². The highest BCUT2D eigenvalue weighted by Gasteiger charge is 2.29. The zero-order valence-corrected chi connectivity index (χ0v) is 17.6. The van der Waals surface area contributed by atoms with Crippen molar-refractivity contribution in [3.63, 3.8) is 0 Å². The molecule has 1 saturated heterocycles. The first-order chi connectivity index (χ1) is 14.1. The summed E-state index contributed by atoms with van der Waals surface area (Å²) in [7, 11) is 2.17. The van der Waals surface area contributed by atoms with Crippen LogP contribution in [0.5, 0.6) is 0 Å². The van der Waals surface area contributed by atoms with Crippen LogP contribution in [0.2, 0.25) is 0 Å². The van der Waals surface area contributed by atoms with E-state index < -0.39 is 0 Å². The van der Waals surface area contributed by atoms with Gasteiger partial charge < -0.3 is 20.4 Å². The summed E-state index contributed by atoms with van der Waals surface area (Å²) in [4.78, 5) is 29.8. The molecule has 0 unspecified atom stereocenters. The SMILES string of the molecule is CN1CCN(CCc2ccc(NC(=O)c3ccc(NC(=O)C4CC4)s3)cc2)CC1. The van der Waals surface area contributed by atoms with Crippen molar-refractivity contribution in [1.82, 2.24) is 9.80 Å². The number of hydrogen-bond donors (Lipinski definition) is 2. The molecule has 1 aromatic heterocycles. The number of thiophene rings is 1. The minimum absolute atomic E-state index is 0.0611. The van der Waals surface area contributed by atoms with Crippen molar-refractivity contribution in [2.45, 2.75) is 19.3 Å². The Morgan fingerprint density at radius 3 is 2.41 bits per heavy atom. The number of carbonyl (C=O) groups is 2. The highest BCUT2D eigenvalue weighted by atomic mass is 32.1. The van der Waals surface area contributed by atoms with Crippen LogP contribution in [0.4, 0.5) is 10.7 Å². The number of nitrogens with one attached hydrogen (secondary N) is 2. The summed E-state index contributed by atoms with van der Waals surface area (Å²) < 4.78 is 0. The maximum atomic E-state index is 12.5. The number of piperazine rings is 1. The third-order valence-electron chi connectivity index (χ3n) is 5.55. The molecule has 2 fully saturated rings. The molecule has 1 aliphatic carbocycles. The van der Waals surface area contributed by atoms with Gasteiger partial charge in [-0.1, -0.05) is 12.1 Å². The van der Waals surface area contributed by atoms with Crippen molar-refractivity contribution in [2.75, 3.05) is 50.4 Å². The lowest BCUT2D eigenvalue weighted by Gasteiger charge is -2.32. The van der Waals surface area contributed by atoms with Gasteiger partial charge in [-0.2, -0.15) is 0 Å². The largest absolute Gasteiger partial charge is 0.321 e. The molecule has 4 rings (SSSR count). The Bertz CT molecular complexity index is 852. The second-order valence-electron chi connectivity index (χ2n) is 7.97. The summed E-state index contributed by atoms with van der Waals surface area (Å²) in [6.45, 7) is 5.62. The van der Waals surface area contributed by atoms with Gasteiger partial charge in [0.15, 0.2) is 0 Å². The van der Waals surface area contributed by atoms with E-state index in [0.717, 1.165) is 62.7 Å². The Kier molecular flexibility index (Phi) is 6.28. The lowest BCUT2D eigenvalue weighted by molar-refractivity contribution is -0.117. The van der Waals surface area contributed by atoms with Crippen molar-refractivity contribution in [1.29, 1.82) is 0 Å². The second kappa shape index (κ2) is 9.07. The van der Waals surface area contributed by atoms with E-state index in [0.29, 0.717) is 4.88 Å². The minimum atomic E-state index is -0.146. The van der Waals surface area contributed by atoms with Gasteiger partial charge in [0.25, 0.3) is 5.91 Å². The van der Waals surface area contributed by atoms with Crippen LogP contribution < -0.4 is 10.6 Å². The minimum Gasteiger partial charge on any atom is -0.321 e. The standard InChI is InChI=1S/C22H28N4O2S/c1-25-12-14-26(15-13-25)11-10-16-2-6-18(7-3-16)23-22(28)19-8-9-20(29-19)24-21(27)17-4-5-17/h2-3,6-9,17H,4-5,10-15H2,1H3,(H,23,28)(H,24,27). The molecule has 0 spiro atoms. The van der Waals surface area contributed by atoms with Crippen LogP contribution in [-0.4, -0.2) is 61.4 Å². The lowest BCUT2D eigenvalue weighted by atomic mass is 10.1. The van der Waals surface area contributed by atoms with Gasteiger partial charge in [-0.05, 0) is 56.1 Å². The second-order valence-corrected chi connectivity index (χ2v) is 9.06. The molecule has 2 N–H and O–H groups in total. The molecule has 1 aromatic carbocycles. The van der Waals surface area contributed by atoms with Crippen molar-refractivity contribution >= 4 is 33.8 Å². The highest BCUT2D eigenvalue weighted by molar-refractivity contribution is 7.18. The summed E-state index contributed by atoms with van der Waals surface area (Å²) in [5, 5.41) is 6.56. The molecule has 2 amide bonds. The average Bonchev–Trinajstić information content (AvgIpc) is 3.48. The molecule has 2 heterocycles. The van der Waals surface area contributed by atoms with Crippen molar-refractivity contribution in [3.05, 3.63) is 46.8 Å². The summed E-state index contributed by atoms with van der Waals surface area (Å²) in [6.07, 6.45) is 2.96. The number of rotatable bonds is 7. The molecule has 1 aliphatic heterocycles. The Balaban J connectivity index is 1.25. The molecule has 1 saturated carbocycles. The lowest BCUT2D eigenvalue weighted by Crippen LogP contribution is -2.45. The topological polar surface area (TPSA) is 64.7 Å². The van der Waals surface area contributed by atoms with E-state index in [1.165, 1.54) is 16.9 Å². The van der Waals surface area contributed by atoms with Crippen LogP contribution in [0, 0.1) is 5.92 Å². The van der Waals surface area contributed by atoms with Crippen LogP contribution in [-0.2, 0) is 11.2 Å². The average molecular weight is 413 g/mol.